The standard InChI is InChI=1S/C25H22N6O2S/c1-17-14-22(32)27-20-11-5-6-12-21(20)30(17)23(33)16-34-25-29-28-24(18-8-7-13-26-15-18)31(25)19-9-3-2-4-10-19/h2-13,15,17H,14,16H2,1H3,(H,27,32)/t17-/m1/s1. The number of nitrogens with one attached hydrogen (secondary N) is 1. The normalized spacial score (nSPS) is 15.4. The first-order chi connectivity index (χ1) is 16.6. The zero-order valence-corrected chi connectivity index (χ0v) is 19.3. The van der Waals surface area contributed by atoms with Crippen LogP contribution in [-0.2, 0) is 9.59 Å². The van der Waals surface area contributed by atoms with E-state index in [-0.39, 0.29) is 30.0 Å². The molecule has 0 saturated carbocycles. The first-order valence-electron chi connectivity index (χ1n) is 10.9. The van der Waals surface area contributed by atoms with E-state index in [2.05, 4.69) is 20.5 Å². The lowest BCUT2D eigenvalue weighted by Gasteiger charge is -2.27. The molecule has 2 amide bonds. The highest BCUT2D eigenvalue weighted by atomic mass is 32.2. The van der Waals surface area contributed by atoms with Gasteiger partial charge in [-0.15, -0.1) is 10.2 Å². The molecule has 0 radical (unpaired) electrons. The number of amides is 2. The van der Waals surface area contributed by atoms with E-state index < -0.39 is 0 Å². The second-order valence-corrected chi connectivity index (χ2v) is 8.83. The number of carbonyl (C=O) groups is 2. The summed E-state index contributed by atoms with van der Waals surface area (Å²) in [6, 6.07) is 20.7. The van der Waals surface area contributed by atoms with Crippen molar-refractivity contribution in [3.05, 3.63) is 79.1 Å². The van der Waals surface area contributed by atoms with E-state index in [4.69, 9.17) is 0 Å². The van der Waals surface area contributed by atoms with E-state index in [0.29, 0.717) is 22.4 Å². The van der Waals surface area contributed by atoms with Gasteiger partial charge in [-0.2, -0.15) is 0 Å². The van der Waals surface area contributed by atoms with Crippen molar-refractivity contribution in [1.82, 2.24) is 19.7 Å². The third-order valence-corrected chi connectivity index (χ3v) is 6.43. The van der Waals surface area contributed by atoms with Crippen LogP contribution in [0.5, 0.6) is 0 Å². The van der Waals surface area contributed by atoms with Crippen molar-refractivity contribution in [2.45, 2.75) is 24.5 Å². The Labute approximate surface area is 201 Å². The molecule has 1 N–H and O–H groups in total. The van der Waals surface area contributed by atoms with Crippen LogP contribution >= 0.6 is 11.8 Å². The maximum atomic E-state index is 13.4. The minimum Gasteiger partial charge on any atom is -0.324 e. The molecule has 2 aromatic heterocycles. The summed E-state index contributed by atoms with van der Waals surface area (Å²) in [5.74, 6) is 0.586. The van der Waals surface area contributed by atoms with E-state index in [0.717, 1.165) is 11.3 Å². The van der Waals surface area contributed by atoms with Gasteiger partial charge in [-0.25, -0.2) is 0 Å². The van der Waals surface area contributed by atoms with Gasteiger partial charge in [0, 0.05) is 36.1 Å². The zero-order chi connectivity index (χ0) is 23.5. The number of pyridine rings is 1. The summed E-state index contributed by atoms with van der Waals surface area (Å²) in [6.45, 7) is 1.89. The van der Waals surface area contributed by atoms with Crippen LogP contribution in [0.25, 0.3) is 17.1 Å². The van der Waals surface area contributed by atoms with E-state index in [9.17, 15) is 9.59 Å². The summed E-state index contributed by atoms with van der Waals surface area (Å²) < 4.78 is 1.93. The molecule has 0 saturated heterocycles. The van der Waals surface area contributed by atoms with Crippen molar-refractivity contribution in [2.24, 2.45) is 0 Å². The van der Waals surface area contributed by atoms with E-state index in [1.165, 1.54) is 11.8 Å². The van der Waals surface area contributed by atoms with Gasteiger partial charge in [-0.05, 0) is 43.3 Å². The second-order valence-electron chi connectivity index (χ2n) is 7.89. The highest BCUT2D eigenvalue weighted by Crippen LogP contribution is 2.33. The van der Waals surface area contributed by atoms with Gasteiger partial charge in [0.25, 0.3) is 0 Å². The summed E-state index contributed by atoms with van der Waals surface area (Å²) >= 11 is 1.32. The summed E-state index contributed by atoms with van der Waals surface area (Å²) in [5.41, 5.74) is 3.06. The van der Waals surface area contributed by atoms with Gasteiger partial charge in [0.1, 0.15) is 0 Å². The van der Waals surface area contributed by atoms with Gasteiger partial charge in [0.05, 0.1) is 17.1 Å². The first kappa shape index (κ1) is 21.8. The Morgan fingerprint density at radius 3 is 2.65 bits per heavy atom. The Morgan fingerprint density at radius 1 is 1.06 bits per heavy atom. The Kier molecular flexibility index (Phi) is 6.09. The first-order valence-corrected chi connectivity index (χ1v) is 11.9. The molecule has 2 aromatic carbocycles. The highest BCUT2D eigenvalue weighted by molar-refractivity contribution is 7.99. The number of para-hydroxylation sites is 3. The molecule has 1 atom stereocenters. The third-order valence-electron chi connectivity index (χ3n) is 5.52. The molecule has 0 unspecified atom stereocenters. The number of hydrogen-bond acceptors (Lipinski definition) is 6. The van der Waals surface area contributed by atoms with Gasteiger partial charge < -0.3 is 10.2 Å². The zero-order valence-electron chi connectivity index (χ0n) is 18.5. The number of rotatable bonds is 5. The molecular formula is C25H22N6O2S. The monoisotopic (exact) mass is 470 g/mol. The third kappa shape index (κ3) is 4.29. The van der Waals surface area contributed by atoms with Crippen LogP contribution < -0.4 is 10.2 Å². The maximum Gasteiger partial charge on any atom is 0.237 e. The van der Waals surface area contributed by atoms with Crippen LogP contribution in [0, 0.1) is 0 Å². The van der Waals surface area contributed by atoms with Crippen molar-refractivity contribution < 1.29 is 9.59 Å². The molecule has 9 heteroatoms. The molecule has 3 heterocycles. The molecule has 0 spiro atoms. The predicted octanol–water partition coefficient (Wildman–Crippen LogP) is 4.19. The number of fused-ring (bicyclic) bond motifs is 1. The minimum atomic E-state index is -0.269. The Morgan fingerprint density at radius 2 is 1.85 bits per heavy atom. The summed E-state index contributed by atoms with van der Waals surface area (Å²) in [5, 5.41) is 12.3. The van der Waals surface area contributed by atoms with Crippen LogP contribution in [0.1, 0.15) is 13.3 Å². The molecule has 1 aliphatic heterocycles. The van der Waals surface area contributed by atoms with Crippen LogP contribution in [0.15, 0.2) is 84.3 Å². The average Bonchev–Trinajstić information content (AvgIpc) is 3.23. The molecule has 4 aromatic rings. The average molecular weight is 471 g/mol. The summed E-state index contributed by atoms with van der Waals surface area (Å²) in [6.07, 6.45) is 3.68. The molecule has 170 valence electrons. The number of benzene rings is 2. The van der Waals surface area contributed by atoms with Crippen molar-refractivity contribution in [2.75, 3.05) is 16.0 Å². The van der Waals surface area contributed by atoms with Gasteiger partial charge >= 0.3 is 0 Å². The molecule has 0 fully saturated rings. The molecular weight excluding hydrogens is 448 g/mol. The van der Waals surface area contributed by atoms with Crippen LogP contribution in [0.4, 0.5) is 11.4 Å². The Hall–Kier alpha value is -3.98. The quantitative estimate of drug-likeness (QED) is 0.440. The fourth-order valence-corrected chi connectivity index (χ4v) is 4.83. The molecule has 0 bridgehead atoms. The highest BCUT2D eigenvalue weighted by Gasteiger charge is 2.30. The predicted molar refractivity (Wildman–Crippen MR) is 132 cm³/mol. The number of aromatic nitrogens is 4. The Balaban J connectivity index is 1.45. The number of nitrogens with zero attached hydrogens (tertiary/aromatic N) is 5. The number of carbonyl (C=O) groups excluding carboxylic acids is 2. The topological polar surface area (TPSA) is 93.0 Å². The molecule has 0 aliphatic carbocycles. The SMILES string of the molecule is C[C@@H]1CC(=O)Nc2ccccc2N1C(=O)CSc1nnc(-c2cccnc2)n1-c1ccccc1. The fraction of sp³-hybridized carbons (Fsp3) is 0.160. The van der Waals surface area contributed by atoms with Gasteiger partial charge in [0.15, 0.2) is 11.0 Å². The van der Waals surface area contributed by atoms with Crippen LogP contribution in [0.2, 0.25) is 0 Å². The van der Waals surface area contributed by atoms with E-state index >= 15 is 0 Å². The lowest BCUT2D eigenvalue weighted by molar-refractivity contribution is -0.117. The molecule has 34 heavy (non-hydrogen) atoms. The fourth-order valence-electron chi connectivity index (χ4n) is 4.02. The number of hydrogen-bond donors (Lipinski definition) is 1. The minimum absolute atomic E-state index is 0.104. The lowest BCUT2D eigenvalue weighted by Crippen LogP contribution is -2.40. The van der Waals surface area contributed by atoms with Gasteiger partial charge in [-0.1, -0.05) is 42.1 Å². The van der Waals surface area contributed by atoms with Crippen LogP contribution in [0.3, 0.4) is 0 Å². The summed E-state index contributed by atoms with van der Waals surface area (Å²) in [7, 11) is 0. The Bertz CT molecular complexity index is 1330. The van der Waals surface area contributed by atoms with Crippen molar-refractivity contribution >= 4 is 35.0 Å². The maximum absolute atomic E-state index is 13.4. The second kappa shape index (κ2) is 9.48. The van der Waals surface area contributed by atoms with Crippen LogP contribution in [-0.4, -0.2) is 43.4 Å². The van der Waals surface area contributed by atoms with E-state index in [1.54, 1.807) is 17.3 Å². The summed E-state index contributed by atoms with van der Waals surface area (Å²) in [4.78, 5) is 31.6. The van der Waals surface area contributed by atoms with Crippen molar-refractivity contribution in [3.63, 3.8) is 0 Å². The smallest absolute Gasteiger partial charge is 0.237 e. The molecule has 5 rings (SSSR count). The van der Waals surface area contributed by atoms with Gasteiger partial charge in [0.2, 0.25) is 11.8 Å². The lowest BCUT2D eigenvalue weighted by atomic mass is 10.2. The number of anilines is 2. The van der Waals surface area contributed by atoms with Gasteiger partial charge in [-0.3, -0.25) is 19.1 Å². The molecule has 1 aliphatic rings. The molecule has 8 nitrogen and oxygen atoms in total. The van der Waals surface area contributed by atoms with E-state index in [1.807, 2.05) is 78.2 Å². The number of thioether (sulfide) groups is 1. The van der Waals surface area contributed by atoms with Crippen molar-refractivity contribution in [3.8, 4) is 17.1 Å². The largest absolute Gasteiger partial charge is 0.324 e. The van der Waals surface area contributed by atoms with Crippen molar-refractivity contribution in [1.29, 1.82) is 0 Å².